The van der Waals surface area contributed by atoms with Gasteiger partial charge in [-0.15, -0.1) is 0 Å². The second-order valence-electron chi connectivity index (χ2n) is 6.15. The van der Waals surface area contributed by atoms with Crippen LogP contribution in [0, 0.1) is 0 Å². The molecule has 2 aromatic carbocycles. The Labute approximate surface area is 151 Å². The van der Waals surface area contributed by atoms with Crippen molar-refractivity contribution in [3.05, 3.63) is 48.5 Å². The number of nitrogens with one attached hydrogen (secondary N) is 1. The van der Waals surface area contributed by atoms with Crippen molar-refractivity contribution in [2.24, 2.45) is 0 Å². The first-order valence-electron chi connectivity index (χ1n) is 8.45. The number of amides is 1. The number of piperazine rings is 1. The van der Waals surface area contributed by atoms with Crippen molar-refractivity contribution < 1.29 is 9.53 Å². The number of anilines is 2. The Morgan fingerprint density at radius 1 is 1.04 bits per heavy atom. The van der Waals surface area contributed by atoms with Crippen molar-refractivity contribution in [1.82, 2.24) is 4.90 Å². The lowest BCUT2D eigenvalue weighted by atomic mass is 10.2. The SMILES string of the molecule is COc1ccccc1N1CCN([C@@H]2Sc3ccccc3NC2=O)CC1. The highest BCUT2D eigenvalue weighted by molar-refractivity contribution is 8.00. The van der Waals surface area contributed by atoms with E-state index in [9.17, 15) is 4.79 Å². The summed E-state index contributed by atoms with van der Waals surface area (Å²) in [5.41, 5.74) is 2.04. The van der Waals surface area contributed by atoms with E-state index in [1.54, 1.807) is 18.9 Å². The Bertz CT molecular complexity index is 775. The second kappa shape index (κ2) is 6.98. The van der Waals surface area contributed by atoms with E-state index >= 15 is 0 Å². The van der Waals surface area contributed by atoms with Crippen LogP contribution in [0.3, 0.4) is 0 Å². The first-order chi connectivity index (χ1) is 12.3. The molecule has 1 saturated heterocycles. The summed E-state index contributed by atoms with van der Waals surface area (Å²) in [5, 5.41) is 2.88. The van der Waals surface area contributed by atoms with Gasteiger partial charge in [0.15, 0.2) is 0 Å². The molecule has 2 aromatic rings. The average Bonchev–Trinajstić information content (AvgIpc) is 2.67. The number of carbonyl (C=O) groups excluding carboxylic acids is 1. The van der Waals surface area contributed by atoms with Gasteiger partial charge in [0.2, 0.25) is 0 Å². The maximum Gasteiger partial charge on any atom is 0.252 e. The molecule has 4 rings (SSSR count). The van der Waals surface area contributed by atoms with Crippen LogP contribution in [0.5, 0.6) is 5.75 Å². The van der Waals surface area contributed by atoms with Crippen LogP contribution in [-0.2, 0) is 4.79 Å². The monoisotopic (exact) mass is 355 g/mol. The van der Waals surface area contributed by atoms with Crippen molar-refractivity contribution in [2.45, 2.75) is 10.3 Å². The summed E-state index contributed by atoms with van der Waals surface area (Å²) in [4.78, 5) is 18.2. The predicted octanol–water partition coefficient (Wildman–Crippen LogP) is 2.89. The summed E-state index contributed by atoms with van der Waals surface area (Å²) in [7, 11) is 1.70. The molecule has 0 saturated carbocycles. The third kappa shape index (κ3) is 3.19. The molecule has 1 fully saturated rings. The zero-order valence-electron chi connectivity index (χ0n) is 14.1. The minimum atomic E-state index is -0.158. The summed E-state index contributed by atoms with van der Waals surface area (Å²) in [5.74, 6) is 0.976. The minimum Gasteiger partial charge on any atom is -0.495 e. The van der Waals surface area contributed by atoms with Crippen molar-refractivity contribution in [3.8, 4) is 5.75 Å². The molecule has 5 nitrogen and oxygen atoms in total. The fourth-order valence-corrected chi connectivity index (χ4v) is 4.54. The molecule has 0 aliphatic carbocycles. The van der Waals surface area contributed by atoms with Crippen molar-refractivity contribution in [1.29, 1.82) is 0 Å². The zero-order valence-corrected chi connectivity index (χ0v) is 15.0. The minimum absolute atomic E-state index is 0.0782. The van der Waals surface area contributed by atoms with E-state index in [0.717, 1.165) is 48.2 Å². The molecule has 1 atom stereocenters. The molecule has 2 aliphatic rings. The van der Waals surface area contributed by atoms with E-state index < -0.39 is 0 Å². The summed E-state index contributed by atoms with van der Waals surface area (Å²) in [6, 6.07) is 16.1. The van der Waals surface area contributed by atoms with E-state index in [4.69, 9.17) is 4.74 Å². The van der Waals surface area contributed by atoms with E-state index in [0.29, 0.717) is 0 Å². The Kier molecular flexibility index (Phi) is 4.55. The van der Waals surface area contributed by atoms with Crippen molar-refractivity contribution in [3.63, 3.8) is 0 Å². The van der Waals surface area contributed by atoms with Crippen LogP contribution < -0.4 is 15.0 Å². The fraction of sp³-hybridized carbons (Fsp3) is 0.316. The van der Waals surface area contributed by atoms with Crippen LogP contribution in [0.1, 0.15) is 0 Å². The Balaban J connectivity index is 1.45. The zero-order chi connectivity index (χ0) is 17.2. The molecule has 0 unspecified atom stereocenters. The van der Waals surface area contributed by atoms with Gasteiger partial charge in [-0.3, -0.25) is 9.69 Å². The van der Waals surface area contributed by atoms with E-state index in [2.05, 4.69) is 27.2 Å². The van der Waals surface area contributed by atoms with Gasteiger partial charge in [-0.25, -0.2) is 0 Å². The molecule has 2 heterocycles. The number of nitrogens with zero attached hydrogens (tertiary/aromatic N) is 2. The summed E-state index contributed by atoms with van der Waals surface area (Å²) < 4.78 is 5.47. The maximum absolute atomic E-state index is 12.5. The van der Waals surface area contributed by atoms with Gasteiger partial charge >= 0.3 is 0 Å². The number of hydrogen-bond donors (Lipinski definition) is 1. The molecule has 1 amide bonds. The number of fused-ring (bicyclic) bond motifs is 1. The molecular formula is C19H21N3O2S. The van der Waals surface area contributed by atoms with Crippen LogP contribution in [-0.4, -0.2) is 49.5 Å². The summed E-state index contributed by atoms with van der Waals surface area (Å²) >= 11 is 1.65. The lowest BCUT2D eigenvalue weighted by Gasteiger charge is -2.40. The molecule has 0 aromatic heterocycles. The predicted molar refractivity (Wildman–Crippen MR) is 101 cm³/mol. The van der Waals surface area contributed by atoms with Gasteiger partial charge < -0.3 is 15.0 Å². The number of ether oxygens (including phenoxy) is 1. The highest BCUT2D eigenvalue weighted by Crippen LogP contribution is 2.37. The Morgan fingerprint density at radius 2 is 1.76 bits per heavy atom. The van der Waals surface area contributed by atoms with Crippen molar-refractivity contribution >= 4 is 29.0 Å². The maximum atomic E-state index is 12.5. The molecular weight excluding hydrogens is 334 g/mol. The van der Waals surface area contributed by atoms with Gasteiger partial charge in [-0.1, -0.05) is 36.0 Å². The van der Waals surface area contributed by atoms with Gasteiger partial charge in [0.25, 0.3) is 5.91 Å². The quantitative estimate of drug-likeness (QED) is 0.917. The number of rotatable bonds is 3. The number of methoxy groups -OCH3 is 1. The topological polar surface area (TPSA) is 44.8 Å². The number of thioether (sulfide) groups is 1. The van der Waals surface area contributed by atoms with Gasteiger partial charge in [0.1, 0.15) is 11.1 Å². The number of carbonyl (C=O) groups is 1. The molecule has 1 N–H and O–H groups in total. The van der Waals surface area contributed by atoms with E-state index in [-0.39, 0.29) is 11.3 Å². The summed E-state index contributed by atoms with van der Waals surface area (Å²) in [6.45, 7) is 3.47. The third-order valence-corrected chi connectivity index (χ3v) is 6.02. The lowest BCUT2D eigenvalue weighted by molar-refractivity contribution is -0.118. The van der Waals surface area contributed by atoms with Gasteiger partial charge in [0.05, 0.1) is 18.5 Å². The first-order valence-corrected chi connectivity index (χ1v) is 9.33. The van der Waals surface area contributed by atoms with Gasteiger partial charge in [0, 0.05) is 31.1 Å². The summed E-state index contributed by atoms with van der Waals surface area (Å²) in [6.07, 6.45) is 0. The van der Waals surface area contributed by atoms with Crippen LogP contribution in [0.2, 0.25) is 0 Å². The standard InChI is InChI=1S/C19H21N3O2S/c1-24-16-8-4-3-7-15(16)21-10-12-22(13-11-21)19-18(23)20-14-6-2-5-9-17(14)25-19/h2-9,19H,10-13H2,1H3,(H,20,23)/t19-/m1/s1. The fourth-order valence-electron chi connectivity index (χ4n) is 3.37. The van der Waals surface area contributed by atoms with Crippen LogP contribution >= 0.6 is 11.8 Å². The molecule has 6 heteroatoms. The highest BCUT2D eigenvalue weighted by Gasteiger charge is 2.34. The molecule has 0 radical (unpaired) electrons. The van der Waals surface area contributed by atoms with Crippen LogP contribution in [0.15, 0.2) is 53.4 Å². The number of para-hydroxylation sites is 3. The molecule has 25 heavy (non-hydrogen) atoms. The van der Waals surface area contributed by atoms with E-state index in [1.165, 1.54) is 0 Å². The largest absolute Gasteiger partial charge is 0.495 e. The molecule has 0 spiro atoms. The first kappa shape index (κ1) is 16.3. The molecule has 0 bridgehead atoms. The van der Waals surface area contributed by atoms with Gasteiger partial charge in [-0.2, -0.15) is 0 Å². The van der Waals surface area contributed by atoms with Crippen LogP contribution in [0.25, 0.3) is 0 Å². The van der Waals surface area contributed by atoms with Crippen LogP contribution in [0.4, 0.5) is 11.4 Å². The van der Waals surface area contributed by atoms with E-state index in [1.807, 2.05) is 36.4 Å². The molecule has 2 aliphatic heterocycles. The third-order valence-electron chi connectivity index (χ3n) is 4.68. The molecule has 130 valence electrons. The van der Waals surface area contributed by atoms with Crippen molar-refractivity contribution in [2.75, 3.05) is 43.5 Å². The Morgan fingerprint density at radius 3 is 2.56 bits per heavy atom. The normalized spacial score (nSPS) is 20.8. The average molecular weight is 355 g/mol. The lowest BCUT2D eigenvalue weighted by Crippen LogP contribution is -2.53. The highest BCUT2D eigenvalue weighted by atomic mass is 32.2. The second-order valence-corrected chi connectivity index (χ2v) is 7.27. The Hall–Kier alpha value is -2.18. The van der Waals surface area contributed by atoms with Gasteiger partial charge in [-0.05, 0) is 24.3 Å². The number of hydrogen-bond acceptors (Lipinski definition) is 5. The number of benzene rings is 2. The smallest absolute Gasteiger partial charge is 0.252 e.